The average molecular weight is 516 g/mol. The molecule has 0 bridgehead atoms. The van der Waals surface area contributed by atoms with Crippen LogP contribution in [0.1, 0.15) is 31.4 Å². The summed E-state index contributed by atoms with van der Waals surface area (Å²) in [5.41, 5.74) is 1.30. The van der Waals surface area contributed by atoms with Crippen molar-refractivity contribution in [3.8, 4) is 0 Å². The Morgan fingerprint density at radius 2 is 1.93 bits per heavy atom. The summed E-state index contributed by atoms with van der Waals surface area (Å²) < 4.78 is 14.9. The van der Waals surface area contributed by atoms with Crippen LogP contribution in [0.3, 0.4) is 0 Å². The number of amides is 2. The molecule has 1 N–H and O–H groups in total. The van der Waals surface area contributed by atoms with E-state index in [9.17, 15) is 14.0 Å². The standard InChI is InChI=1S/C22H25BrClFN2O2S/c1-3-11-26-22(29)15(2)27(12-16-7-9-17(23)10-8-16)21(28)14-30-13-18-19(24)5-4-6-20(18)25/h4-10,15H,3,11-14H2,1-2H3,(H,26,29)/t15-/m0/s1. The summed E-state index contributed by atoms with van der Waals surface area (Å²) in [6.45, 7) is 4.57. The Morgan fingerprint density at radius 1 is 1.23 bits per heavy atom. The van der Waals surface area contributed by atoms with Gasteiger partial charge >= 0.3 is 0 Å². The summed E-state index contributed by atoms with van der Waals surface area (Å²) >= 11 is 10.7. The third-order valence-corrected chi connectivity index (χ3v) is 6.34. The lowest BCUT2D eigenvalue weighted by molar-refractivity contribution is -0.138. The Morgan fingerprint density at radius 3 is 2.57 bits per heavy atom. The molecule has 2 rings (SSSR count). The zero-order valence-electron chi connectivity index (χ0n) is 17.0. The van der Waals surface area contributed by atoms with Crippen molar-refractivity contribution in [1.29, 1.82) is 0 Å². The monoisotopic (exact) mass is 514 g/mol. The lowest BCUT2D eigenvalue weighted by Crippen LogP contribution is -2.48. The van der Waals surface area contributed by atoms with E-state index in [0.717, 1.165) is 16.5 Å². The Labute approximate surface area is 194 Å². The predicted octanol–water partition coefficient (Wildman–Crippen LogP) is 5.42. The van der Waals surface area contributed by atoms with Gasteiger partial charge in [-0.15, -0.1) is 11.8 Å². The molecular weight excluding hydrogens is 491 g/mol. The molecule has 0 aliphatic carbocycles. The number of carbonyl (C=O) groups excluding carboxylic acids is 2. The molecule has 0 fully saturated rings. The number of nitrogens with zero attached hydrogens (tertiary/aromatic N) is 1. The number of rotatable bonds is 10. The highest BCUT2D eigenvalue weighted by molar-refractivity contribution is 9.10. The van der Waals surface area contributed by atoms with Crippen molar-refractivity contribution in [2.24, 2.45) is 0 Å². The minimum atomic E-state index is -0.620. The molecule has 2 amide bonds. The molecule has 0 aromatic heterocycles. The fraction of sp³-hybridized carbons (Fsp3) is 0.364. The second-order valence-corrected chi connectivity index (χ2v) is 9.12. The SMILES string of the molecule is CCCNC(=O)[C@H](C)N(Cc1ccc(Br)cc1)C(=O)CSCc1c(F)cccc1Cl. The van der Waals surface area contributed by atoms with Crippen molar-refractivity contribution >= 4 is 51.1 Å². The maximum Gasteiger partial charge on any atom is 0.242 e. The van der Waals surface area contributed by atoms with E-state index in [2.05, 4.69) is 21.2 Å². The van der Waals surface area contributed by atoms with Crippen LogP contribution in [0, 0.1) is 5.82 Å². The predicted molar refractivity (Wildman–Crippen MR) is 125 cm³/mol. The first-order valence-corrected chi connectivity index (χ1v) is 12.0. The topological polar surface area (TPSA) is 49.4 Å². The van der Waals surface area contributed by atoms with Crippen molar-refractivity contribution in [2.45, 2.75) is 38.6 Å². The lowest BCUT2D eigenvalue weighted by atomic mass is 10.1. The molecule has 1 atom stereocenters. The van der Waals surface area contributed by atoms with Gasteiger partial charge < -0.3 is 10.2 Å². The second-order valence-electron chi connectivity index (χ2n) is 6.81. The summed E-state index contributed by atoms with van der Waals surface area (Å²) in [6, 6.07) is 11.5. The number of halogens is 3. The molecule has 0 radical (unpaired) electrons. The van der Waals surface area contributed by atoms with E-state index < -0.39 is 6.04 Å². The first-order valence-electron chi connectivity index (χ1n) is 9.65. The Bertz CT molecular complexity index is 846. The minimum absolute atomic E-state index is 0.118. The molecule has 162 valence electrons. The van der Waals surface area contributed by atoms with Gasteiger partial charge in [0.2, 0.25) is 11.8 Å². The van der Waals surface area contributed by atoms with Crippen LogP contribution in [0.2, 0.25) is 5.02 Å². The van der Waals surface area contributed by atoms with E-state index in [1.54, 1.807) is 24.0 Å². The normalized spacial score (nSPS) is 11.8. The Hall–Kier alpha value is -1.57. The number of hydrogen-bond acceptors (Lipinski definition) is 3. The summed E-state index contributed by atoms with van der Waals surface area (Å²) in [6.07, 6.45) is 0.818. The van der Waals surface area contributed by atoms with Crippen molar-refractivity contribution in [1.82, 2.24) is 10.2 Å². The molecule has 0 saturated carbocycles. The Balaban J connectivity index is 2.08. The highest BCUT2D eigenvalue weighted by atomic mass is 79.9. The first-order chi connectivity index (χ1) is 14.3. The van der Waals surface area contributed by atoms with Gasteiger partial charge in [0, 0.05) is 33.9 Å². The van der Waals surface area contributed by atoms with Crippen LogP contribution in [0.5, 0.6) is 0 Å². The van der Waals surface area contributed by atoms with Crippen molar-refractivity contribution < 1.29 is 14.0 Å². The minimum Gasteiger partial charge on any atom is -0.354 e. The molecular formula is C22H25BrClFN2O2S. The van der Waals surface area contributed by atoms with E-state index in [1.807, 2.05) is 31.2 Å². The molecule has 0 spiro atoms. The maximum absolute atomic E-state index is 14.0. The molecule has 0 unspecified atom stereocenters. The zero-order chi connectivity index (χ0) is 22.1. The average Bonchev–Trinajstić information content (AvgIpc) is 2.73. The van der Waals surface area contributed by atoms with Gasteiger partial charge in [0.05, 0.1) is 5.75 Å². The van der Waals surface area contributed by atoms with Crippen LogP contribution < -0.4 is 5.32 Å². The van der Waals surface area contributed by atoms with Gasteiger partial charge in [0.15, 0.2) is 0 Å². The first kappa shape index (κ1) is 24.7. The molecule has 0 saturated heterocycles. The molecule has 2 aromatic carbocycles. The number of carbonyl (C=O) groups is 2. The fourth-order valence-electron chi connectivity index (χ4n) is 2.76. The van der Waals surface area contributed by atoms with Crippen LogP contribution in [0.25, 0.3) is 0 Å². The van der Waals surface area contributed by atoms with Gasteiger partial charge in [-0.1, -0.05) is 52.7 Å². The van der Waals surface area contributed by atoms with E-state index >= 15 is 0 Å². The molecule has 4 nitrogen and oxygen atoms in total. The molecule has 8 heteroatoms. The number of nitrogens with one attached hydrogen (secondary N) is 1. The second kappa shape index (κ2) is 12.3. The highest BCUT2D eigenvalue weighted by Gasteiger charge is 2.26. The van der Waals surface area contributed by atoms with Gasteiger partial charge in [-0.25, -0.2) is 4.39 Å². The fourth-order valence-corrected chi connectivity index (χ4v) is 4.27. The van der Waals surface area contributed by atoms with Crippen LogP contribution in [-0.2, 0) is 21.9 Å². The van der Waals surface area contributed by atoms with Crippen molar-refractivity contribution in [2.75, 3.05) is 12.3 Å². The van der Waals surface area contributed by atoms with Crippen LogP contribution in [0.15, 0.2) is 46.9 Å². The van der Waals surface area contributed by atoms with Gasteiger partial charge in [0.25, 0.3) is 0 Å². The van der Waals surface area contributed by atoms with Crippen LogP contribution >= 0.6 is 39.3 Å². The van der Waals surface area contributed by atoms with E-state index in [-0.39, 0.29) is 29.1 Å². The summed E-state index contributed by atoms with van der Waals surface area (Å²) in [5, 5.41) is 3.19. The molecule has 0 aliphatic rings. The molecule has 0 heterocycles. The molecule has 0 aliphatic heterocycles. The highest BCUT2D eigenvalue weighted by Crippen LogP contribution is 2.24. The van der Waals surface area contributed by atoms with Gasteiger partial charge in [-0.3, -0.25) is 9.59 Å². The number of hydrogen-bond donors (Lipinski definition) is 1. The third-order valence-electron chi connectivity index (χ3n) is 4.52. The molecule has 2 aromatic rings. The van der Waals surface area contributed by atoms with Crippen LogP contribution in [-0.4, -0.2) is 35.1 Å². The van der Waals surface area contributed by atoms with Crippen molar-refractivity contribution in [3.63, 3.8) is 0 Å². The van der Waals surface area contributed by atoms with Gasteiger partial charge in [-0.2, -0.15) is 0 Å². The van der Waals surface area contributed by atoms with Crippen LogP contribution in [0.4, 0.5) is 4.39 Å². The van der Waals surface area contributed by atoms with Crippen molar-refractivity contribution in [3.05, 3.63) is 68.9 Å². The number of benzene rings is 2. The molecule has 30 heavy (non-hydrogen) atoms. The lowest BCUT2D eigenvalue weighted by Gasteiger charge is -2.28. The van der Waals surface area contributed by atoms with E-state index in [0.29, 0.717) is 23.7 Å². The smallest absolute Gasteiger partial charge is 0.242 e. The maximum atomic E-state index is 14.0. The van der Waals surface area contributed by atoms with Gasteiger partial charge in [0.1, 0.15) is 11.9 Å². The van der Waals surface area contributed by atoms with Gasteiger partial charge in [-0.05, 0) is 43.2 Å². The Kier molecular flexibility index (Phi) is 10.1. The quantitative estimate of drug-likeness (QED) is 0.460. The summed E-state index contributed by atoms with van der Waals surface area (Å²) in [5.74, 6) is -0.368. The number of thioether (sulfide) groups is 1. The van der Waals surface area contributed by atoms with E-state index in [1.165, 1.54) is 17.8 Å². The third kappa shape index (κ3) is 7.29. The summed E-state index contributed by atoms with van der Waals surface area (Å²) in [4.78, 5) is 27.0. The summed E-state index contributed by atoms with van der Waals surface area (Å²) in [7, 11) is 0. The largest absolute Gasteiger partial charge is 0.354 e. The zero-order valence-corrected chi connectivity index (χ0v) is 20.1. The van der Waals surface area contributed by atoms with E-state index in [4.69, 9.17) is 11.6 Å².